The maximum absolute atomic E-state index is 11.7. The van der Waals surface area contributed by atoms with Crippen molar-refractivity contribution in [1.29, 1.82) is 0 Å². The number of nitrogens with one attached hydrogen (secondary N) is 2. The number of aliphatic carboxylic acids is 3. The highest BCUT2D eigenvalue weighted by molar-refractivity contribution is 7.80. The molecule has 34 heavy (non-hydrogen) atoms. The number of carbonyl (C=O) groups excluding carboxylic acids is 1. The number of hydroxylamine groups is 2. The van der Waals surface area contributed by atoms with E-state index in [4.69, 9.17) is 27.2 Å². The number of alkyl carbamates (subject to hydrolysis) is 1. The molecule has 0 saturated carbocycles. The first-order valence-electron chi connectivity index (χ1n) is 10.5. The van der Waals surface area contributed by atoms with E-state index in [2.05, 4.69) is 10.6 Å². The fraction of sp³-hybridized carbons (Fsp3) is 0.476. The van der Waals surface area contributed by atoms with Gasteiger partial charge in [0.25, 0.3) is 0 Å². The number of hydrogen-bond donors (Lipinski definition) is 6. The van der Waals surface area contributed by atoms with Crippen LogP contribution in [0.4, 0.5) is 4.79 Å². The molecule has 0 saturated heterocycles. The Morgan fingerprint density at radius 3 is 2.26 bits per heavy atom. The van der Waals surface area contributed by atoms with Gasteiger partial charge in [0.1, 0.15) is 12.6 Å². The zero-order chi connectivity index (χ0) is 25.5. The molecule has 2 atom stereocenters. The molecule has 0 aliphatic heterocycles. The molecule has 188 valence electrons. The summed E-state index contributed by atoms with van der Waals surface area (Å²) in [5, 5.41) is 42.2. The highest BCUT2D eigenvalue weighted by Crippen LogP contribution is 2.11. The molecule has 0 spiro atoms. The maximum atomic E-state index is 11.7. The van der Waals surface area contributed by atoms with Gasteiger partial charge in [-0.15, -0.1) is 0 Å². The first-order chi connectivity index (χ1) is 16.1. The van der Waals surface area contributed by atoms with E-state index in [1.54, 1.807) is 0 Å². The summed E-state index contributed by atoms with van der Waals surface area (Å²) < 4.78 is 5.07. The molecule has 1 amide bonds. The number of ether oxygens (including phenoxy) is 1. The number of carboxylic acids is 3. The zero-order valence-electron chi connectivity index (χ0n) is 18.4. The van der Waals surface area contributed by atoms with Crippen LogP contribution in [0.3, 0.4) is 0 Å². The minimum atomic E-state index is -1.36. The number of amides is 1. The molecule has 6 N–H and O–H groups in total. The van der Waals surface area contributed by atoms with Gasteiger partial charge in [-0.05, 0) is 37.0 Å². The number of nitrogens with zero attached hydrogens (tertiary/aromatic N) is 1. The third-order valence-corrected chi connectivity index (χ3v) is 5.01. The Balaban J connectivity index is 2.36. The normalized spacial score (nSPS) is 12.1. The van der Waals surface area contributed by atoms with Crippen molar-refractivity contribution in [2.45, 2.75) is 44.8 Å². The van der Waals surface area contributed by atoms with Crippen LogP contribution in [0.25, 0.3) is 0 Å². The van der Waals surface area contributed by atoms with E-state index >= 15 is 0 Å². The number of carbonyl (C=O) groups is 4. The van der Waals surface area contributed by atoms with Crippen molar-refractivity contribution in [3.8, 4) is 0 Å². The van der Waals surface area contributed by atoms with Crippen LogP contribution in [-0.2, 0) is 25.7 Å². The van der Waals surface area contributed by atoms with Crippen molar-refractivity contribution in [2.75, 3.05) is 13.1 Å². The van der Waals surface area contributed by atoms with E-state index in [1.807, 2.05) is 30.3 Å². The first-order valence-corrected chi connectivity index (χ1v) is 10.9. The third-order valence-electron chi connectivity index (χ3n) is 4.68. The second-order valence-electron chi connectivity index (χ2n) is 7.37. The van der Waals surface area contributed by atoms with Crippen LogP contribution in [0.15, 0.2) is 30.3 Å². The van der Waals surface area contributed by atoms with Crippen molar-refractivity contribution >= 4 is 41.3 Å². The molecule has 0 heterocycles. The van der Waals surface area contributed by atoms with Crippen molar-refractivity contribution in [3.63, 3.8) is 0 Å². The van der Waals surface area contributed by atoms with Crippen LogP contribution in [-0.4, -0.2) is 73.8 Å². The number of unbranched alkanes of at least 4 members (excludes halogenated alkanes) is 1. The van der Waals surface area contributed by atoms with E-state index in [0.29, 0.717) is 17.9 Å². The predicted octanol–water partition coefficient (Wildman–Crippen LogP) is 1.67. The minimum absolute atomic E-state index is 0.132. The molecule has 0 bridgehead atoms. The molecule has 13 heteroatoms. The summed E-state index contributed by atoms with van der Waals surface area (Å²) >= 11 is 4.90. The molecule has 2 unspecified atom stereocenters. The van der Waals surface area contributed by atoms with E-state index in [0.717, 1.165) is 5.56 Å². The topological polar surface area (TPSA) is 186 Å². The quantitative estimate of drug-likeness (QED) is 0.117. The van der Waals surface area contributed by atoms with Gasteiger partial charge in [0.2, 0.25) is 0 Å². The summed E-state index contributed by atoms with van der Waals surface area (Å²) in [6.45, 7) is -0.00128. The standard InChI is InChI=1S/C21H29N3O9S/c25-17(26)10-9-16(19(29)30)23-20(34)24(32)12-15(18(27)28)8-4-5-11-22-21(31)33-13-14-6-2-1-3-7-14/h1-3,6-7,15-16,32H,4-5,8-13H2,(H,22,31)(H,23,34)(H,25,26)(H,27,28)(H,29,30). The third kappa shape index (κ3) is 12.0. The van der Waals surface area contributed by atoms with Gasteiger partial charge in [-0.2, -0.15) is 0 Å². The molecule has 1 aromatic rings. The number of benzene rings is 1. The van der Waals surface area contributed by atoms with E-state index in [-0.39, 0.29) is 26.0 Å². The summed E-state index contributed by atoms with van der Waals surface area (Å²) in [5.74, 6) is -4.75. The van der Waals surface area contributed by atoms with Gasteiger partial charge in [0.05, 0.1) is 12.5 Å². The molecule has 1 rings (SSSR count). The van der Waals surface area contributed by atoms with E-state index in [9.17, 15) is 29.5 Å². The number of thiocarbonyl (C=S) groups is 1. The van der Waals surface area contributed by atoms with Crippen molar-refractivity contribution in [3.05, 3.63) is 35.9 Å². The molecule has 1 aromatic carbocycles. The average molecular weight is 500 g/mol. The highest BCUT2D eigenvalue weighted by atomic mass is 32.1. The Kier molecular flexibility index (Phi) is 12.9. The van der Waals surface area contributed by atoms with Crippen LogP contribution in [0.1, 0.15) is 37.7 Å². The Hall–Kier alpha value is -3.45. The molecule has 0 aliphatic carbocycles. The Morgan fingerprint density at radius 2 is 1.68 bits per heavy atom. The largest absolute Gasteiger partial charge is 0.481 e. The molecule has 0 aliphatic rings. The van der Waals surface area contributed by atoms with Crippen molar-refractivity contribution in [2.24, 2.45) is 5.92 Å². The van der Waals surface area contributed by atoms with Crippen LogP contribution < -0.4 is 10.6 Å². The predicted molar refractivity (Wildman–Crippen MR) is 122 cm³/mol. The van der Waals surface area contributed by atoms with Crippen LogP contribution in [0.2, 0.25) is 0 Å². The van der Waals surface area contributed by atoms with Gasteiger partial charge in [-0.25, -0.2) is 14.7 Å². The number of carboxylic acid groups (broad SMARTS) is 3. The summed E-state index contributed by atoms with van der Waals surface area (Å²) in [6.07, 6.45) is -0.246. The molecular weight excluding hydrogens is 470 g/mol. The van der Waals surface area contributed by atoms with Gasteiger partial charge in [-0.1, -0.05) is 36.8 Å². The highest BCUT2D eigenvalue weighted by Gasteiger charge is 2.25. The molecule has 0 aromatic heterocycles. The molecular formula is C21H29N3O9S. The Bertz CT molecular complexity index is 838. The van der Waals surface area contributed by atoms with Gasteiger partial charge in [0, 0.05) is 13.0 Å². The number of hydrogen-bond acceptors (Lipinski definition) is 7. The fourth-order valence-corrected chi connectivity index (χ4v) is 3.03. The smallest absolute Gasteiger partial charge is 0.407 e. The molecule has 0 fully saturated rings. The Morgan fingerprint density at radius 1 is 1.00 bits per heavy atom. The van der Waals surface area contributed by atoms with Crippen LogP contribution in [0.5, 0.6) is 0 Å². The lowest BCUT2D eigenvalue weighted by Crippen LogP contribution is -2.48. The Labute approximate surface area is 201 Å². The lowest BCUT2D eigenvalue weighted by atomic mass is 10.0. The van der Waals surface area contributed by atoms with E-state index < -0.39 is 54.0 Å². The zero-order valence-corrected chi connectivity index (χ0v) is 19.2. The maximum Gasteiger partial charge on any atom is 0.407 e. The van der Waals surface area contributed by atoms with Gasteiger partial charge in [0.15, 0.2) is 5.11 Å². The molecule has 0 radical (unpaired) electrons. The summed E-state index contributed by atoms with van der Waals surface area (Å²) in [4.78, 5) is 45.1. The first kappa shape index (κ1) is 28.6. The SMILES string of the molecule is O=C(O)CCC(NC(=S)N(O)CC(CCCCNC(=O)OCc1ccccc1)C(=O)O)C(=O)O. The minimum Gasteiger partial charge on any atom is -0.481 e. The lowest BCUT2D eigenvalue weighted by Gasteiger charge is -2.24. The summed E-state index contributed by atoms with van der Waals surface area (Å²) in [6, 6.07) is 7.80. The van der Waals surface area contributed by atoms with Crippen LogP contribution in [0, 0.1) is 5.92 Å². The van der Waals surface area contributed by atoms with Crippen molar-refractivity contribution < 1.29 is 44.4 Å². The van der Waals surface area contributed by atoms with Crippen molar-refractivity contribution in [1.82, 2.24) is 15.7 Å². The second-order valence-corrected chi connectivity index (χ2v) is 7.76. The van der Waals surface area contributed by atoms with E-state index in [1.165, 1.54) is 0 Å². The second kappa shape index (κ2) is 15.4. The lowest BCUT2D eigenvalue weighted by molar-refractivity contribution is -0.146. The van der Waals surface area contributed by atoms with Gasteiger partial charge >= 0.3 is 24.0 Å². The fourth-order valence-electron chi connectivity index (χ4n) is 2.81. The van der Waals surface area contributed by atoms with Crippen LogP contribution >= 0.6 is 12.2 Å². The summed E-state index contributed by atoms with van der Waals surface area (Å²) in [7, 11) is 0. The number of rotatable bonds is 15. The molecule has 12 nitrogen and oxygen atoms in total. The van der Waals surface area contributed by atoms with Gasteiger partial charge in [-0.3, -0.25) is 14.8 Å². The van der Waals surface area contributed by atoms with Gasteiger partial charge < -0.3 is 30.7 Å². The summed E-state index contributed by atoms with van der Waals surface area (Å²) in [5.41, 5.74) is 0.847. The monoisotopic (exact) mass is 499 g/mol. The average Bonchev–Trinajstić information content (AvgIpc) is 2.79.